The second-order valence-corrected chi connectivity index (χ2v) is 13.4. The van der Waals surface area contributed by atoms with E-state index in [1.165, 1.54) is 11.3 Å². The van der Waals surface area contributed by atoms with Gasteiger partial charge in [-0.2, -0.15) is 0 Å². The Morgan fingerprint density at radius 1 is 1.05 bits per heavy atom. The predicted octanol–water partition coefficient (Wildman–Crippen LogP) is 4.64. The maximum atomic E-state index is 13.8. The molecule has 0 spiro atoms. The number of anilines is 3. The maximum Gasteiger partial charge on any atom is 0.324 e. The topological polar surface area (TPSA) is 129 Å². The van der Waals surface area contributed by atoms with E-state index in [1.807, 2.05) is 31.2 Å². The fourth-order valence-corrected chi connectivity index (χ4v) is 6.18. The molecule has 0 unspecified atom stereocenters. The molecule has 0 radical (unpaired) electrons. The van der Waals surface area contributed by atoms with Crippen molar-refractivity contribution in [1.82, 2.24) is 20.2 Å². The van der Waals surface area contributed by atoms with Crippen LogP contribution in [-0.2, 0) is 14.9 Å². The van der Waals surface area contributed by atoms with Gasteiger partial charge in [0.25, 0.3) is 5.91 Å². The third-order valence-electron chi connectivity index (χ3n) is 7.76. The van der Waals surface area contributed by atoms with Crippen LogP contribution in [0.15, 0.2) is 36.7 Å². The molecule has 4 heterocycles. The SMILES string of the molecule is Cc1ccc(NC(=O)Nc2sc(C(C)(C)C)cc2C(=O)N2CCNC(=O)C2(C)C)cc1-c1cnc(N2CCOCC2)nc1. The third kappa shape index (κ3) is 6.50. The highest BCUT2D eigenvalue weighted by molar-refractivity contribution is 7.16. The van der Waals surface area contributed by atoms with Crippen LogP contribution < -0.4 is 20.9 Å². The summed E-state index contributed by atoms with van der Waals surface area (Å²) in [5.41, 5.74) is 2.46. The summed E-state index contributed by atoms with van der Waals surface area (Å²) in [5, 5.41) is 9.08. The summed E-state index contributed by atoms with van der Waals surface area (Å²) >= 11 is 1.37. The Bertz CT molecular complexity index is 1520. The molecule has 4 amide bonds. The Labute approximate surface area is 256 Å². The fourth-order valence-electron chi connectivity index (χ4n) is 5.08. The van der Waals surface area contributed by atoms with E-state index < -0.39 is 11.6 Å². The summed E-state index contributed by atoms with van der Waals surface area (Å²) in [6.45, 7) is 15.2. The van der Waals surface area contributed by atoms with Crippen LogP contribution in [-0.4, -0.2) is 77.6 Å². The van der Waals surface area contributed by atoms with Crippen LogP contribution in [0.2, 0.25) is 0 Å². The smallest absolute Gasteiger partial charge is 0.324 e. The standard InChI is InChI=1S/C31H39N7O4S/c1-19-7-8-21(15-22(19)20-17-33-28(34-18-20)37-11-13-42-14-12-37)35-29(41)36-25-23(16-24(43-25)30(2,3)4)26(39)38-10-9-32-27(40)31(38,5)6/h7-8,15-18H,9-14H2,1-6H3,(H,32,40)(H2,35,36,41). The van der Waals surface area contributed by atoms with Crippen molar-refractivity contribution in [3.63, 3.8) is 0 Å². The number of nitrogens with one attached hydrogen (secondary N) is 3. The molecule has 2 aromatic heterocycles. The number of amides is 4. The van der Waals surface area contributed by atoms with E-state index in [2.05, 4.69) is 51.6 Å². The molecule has 1 aromatic carbocycles. The first kappa shape index (κ1) is 30.4. The van der Waals surface area contributed by atoms with Crippen LogP contribution in [0.3, 0.4) is 0 Å². The Morgan fingerprint density at radius 3 is 2.42 bits per heavy atom. The van der Waals surface area contributed by atoms with Gasteiger partial charge in [0.15, 0.2) is 0 Å². The highest BCUT2D eigenvalue weighted by Crippen LogP contribution is 2.38. The normalized spacial score (nSPS) is 16.9. The molecular formula is C31H39N7O4S. The van der Waals surface area contributed by atoms with Crippen molar-refractivity contribution in [1.29, 1.82) is 0 Å². The molecule has 2 saturated heterocycles. The minimum Gasteiger partial charge on any atom is -0.378 e. The van der Waals surface area contributed by atoms with Gasteiger partial charge in [0.2, 0.25) is 11.9 Å². The van der Waals surface area contributed by atoms with Crippen molar-refractivity contribution in [2.75, 3.05) is 54.9 Å². The van der Waals surface area contributed by atoms with Gasteiger partial charge in [-0.25, -0.2) is 14.8 Å². The van der Waals surface area contributed by atoms with Gasteiger partial charge in [0, 0.05) is 54.7 Å². The maximum absolute atomic E-state index is 13.8. The van der Waals surface area contributed by atoms with E-state index in [1.54, 1.807) is 31.1 Å². The van der Waals surface area contributed by atoms with Gasteiger partial charge in [0.1, 0.15) is 10.5 Å². The van der Waals surface area contributed by atoms with E-state index >= 15 is 0 Å². The van der Waals surface area contributed by atoms with Gasteiger partial charge in [-0.05, 0) is 55.5 Å². The number of carbonyl (C=O) groups excluding carboxylic acids is 3. The van der Waals surface area contributed by atoms with Gasteiger partial charge < -0.3 is 25.2 Å². The molecule has 2 fully saturated rings. The number of aromatic nitrogens is 2. The molecule has 11 nitrogen and oxygen atoms in total. The van der Waals surface area contributed by atoms with Crippen LogP contribution in [0.5, 0.6) is 0 Å². The zero-order valence-corrected chi connectivity index (χ0v) is 26.4. The first-order valence-corrected chi connectivity index (χ1v) is 15.2. The number of hydrogen-bond donors (Lipinski definition) is 3. The average molecular weight is 606 g/mol. The van der Waals surface area contributed by atoms with Crippen LogP contribution >= 0.6 is 11.3 Å². The number of nitrogens with zero attached hydrogens (tertiary/aromatic N) is 4. The van der Waals surface area contributed by atoms with Gasteiger partial charge in [-0.15, -0.1) is 11.3 Å². The Kier molecular flexibility index (Phi) is 8.44. The van der Waals surface area contributed by atoms with Crippen molar-refractivity contribution >= 4 is 45.8 Å². The lowest BCUT2D eigenvalue weighted by atomic mass is 9.93. The Hall–Kier alpha value is -4.03. The first-order chi connectivity index (χ1) is 20.3. The predicted molar refractivity (Wildman–Crippen MR) is 169 cm³/mol. The highest BCUT2D eigenvalue weighted by Gasteiger charge is 2.42. The quantitative estimate of drug-likeness (QED) is 0.386. The number of urea groups is 1. The zero-order valence-electron chi connectivity index (χ0n) is 25.5. The number of ether oxygens (including phenoxy) is 1. The molecule has 3 N–H and O–H groups in total. The number of carbonyl (C=O) groups is 3. The van der Waals surface area contributed by atoms with Crippen LogP contribution in [0.1, 0.15) is 55.4 Å². The summed E-state index contributed by atoms with van der Waals surface area (Å²) in [6.07, 6.45) is 3.59. The van der Waals surface area contributed by atoms with E-state index in [-0.39, 0.29) is 17.2 Å². The Balaban J connectivity index is 1.35. The molecule has 0 saturated carbocycles. The lowest BCUT2D eigenvalue weighted by Gasteiger charge is -2.41. The van der Waals surface area contributed by atoms with Crippen molar-refractivity contribution < 1.29 is 19.1 Å². The fraction of sp³-hybridized carbons (Fsp3) is 0.452. The molecule has 228 valence electrons. The van der Waals surface area contributed by atoms with Gasteiger partial charge in [-0.1, -0.05) is 26.8 Å². The van der Waals surface area contributed by atoms with Gasteiger partial charge >= 0.3 is 6.03 Å². The monoisotopic (exact) mass is 605 g/mol. The number of morpholine rings is 1. The molecule has 2 aliphatic heterocycles. The lowest BCUT2D eigenvalue weighted by molar-refractivity contribution is -0.133. The number of benzene rings is 1. The average Bonchev–Trinajstić information content (AvgIpc) is 3.40. The van der Waals surface area contributed by atoms with E-state index in [9.17, 15) is 14.4 Å². The van der Waals surface area contributed by atoms with E-state index in [0.29, 0.717) is 48.5 Å². The molecule has 5 rings (SSSR count). The van der Waals surface area contributed by atoms with E-state index in [4.69, 9.17) is 4.74 Å². The second-order valence-electron chi connectivity index (χ2n) is 12.4. The molecule has 0 bridgehead atoms. The Morgan fingerprint density at radius 2 is 1.74 bits per heavy atom. The largest absolute Gasteiger partial charge is 0.378 e. The molecular weight excluding hydrogens is 566 g/mol. The van der Waals surface area contributed by atoms with Crippen molar-refractivity contribution in [2.45, 2.75) is 52.5 Å². The van der Waals surface area contributed by atoms with Gasteiger partial charge in [-0.3, -0.25) is 14.9 Å². The first-order valence-electron chi connectivity index (χ1n) is 14.4. The molecule has 0 atom stereocenters. The van der Waals surface area contributed by atoms with Gasteiger partial charge in [0.05, 0.1) is 18.8 Å². The number of thiophene rings is 1. The van der Waals surface area contributed by atoms with Crippen molar-refractivity contribution in [3.05, 3.63) is 52.7 Å². The van der Waals surface area contributed by atoms with Crippen LogP contribution in [0, 0.1) is 6.92 Å². The van der Waals surface area contributed by atoms with Crippen molar-refractivity contribution in [3.8, 4) is 11.1 Å². The number of rotatable bonds is 5. The minimum atomic E-state index is -1.01. The minimum absolute atomic E-state index is 0.207. The summed E-state index contributed by atoms with van der Waals surface area (Å²) in [7, 11) is 0. The summed E-state index contributed by atoms with van der Waals surface area (Å²) in [4.78, 5) is 53.4. The summed E-state index contributed by atoms with van der Waals surface area (Å²) in [5.74, 6) is 0.171. The third-order valence-corrected chi connectivity index (χ3v) is 9.24. The summed E-state index contributed by atoms with van der Waals surface area (Å²) < 4.78 is 5.42. The van der Waals surface area contributed by atoms with E-state index in [0.717, 1.165) is 34.7 Å². The number of hydrogen-bond acceptors (Lipinski definition) is 8. The molecule has 12 heteroatoms. The zero-order chi connectivity index (χ0) is 30.9. The molecule has 3 aromatic rings. The number of aryl methyl sites for hydroxylation is 1. The second kappa shape index (κ2) is 11.9. The van der Waals surface area contributed by atoms with Crippen LogP contribution in [0.25, 0.3) is 11.1 Å². The number of piperazine rings is 1. The summed E-state index contributed by atoms with van der Waals surface area (Å²) in [6, 6.07) is 7.01. The molecule has 2 aliphatic rings. The van der Waals surface area contributed by atoms with Crippen LogP contribution in [0.4, 0.5) is 21.4 Å². The highest BCUT2D eigenvalue weighted by atomic mass is 32.1. The molecule has 0 aliphatic carbocycles. The lowest BCUT2D eigenvalue weighted by Crippen LogP contribution is -2.63. The molecule has 43 heavy (non-hydrogen) atoms. The van der Waals surface area contributed by atoms with Crippen molar-refractivity contribution in [2.24, 2.45) is 0 Å².